The Hall–Kier alpha value is -3.22. The van der Waals surface area contributed by atoms with Gasteiger partial charge in [-0.05, 0) is 35.9 Å². The summed E-state index contributed by atoms with van der Waals surface area (Å²) in [6.07, 6.45) is 5.12. The van der Waals surface area contributed by atoms with Gasteiger partial charge in [-0.1, -0.05) is 0 Å². The summed E-state index contributed by atoms with van der Waals surface area (Å²) in [6, 6.07) is 7.91. The minimum Gasteiger partial charge on any atom is -0.494 e. The third kappa shape index (κ3) is 3.65. The SMILES string of the molecule is COc1ccc(C(=O)NCc2cncc(-c3ccnn3C)c2)cc1F. The number of hydrogen-bond donors (Lipinski definition) is 1. The molecule has 0 atom stereocenters. The van der Waals surface area contributed by atoms with Crippen LogP contribution in [0.1, 0.15) is 15.9 Å². The number of nitrogens with one attached hydrogen (secondary N) is 1. The number of nitrogens with zero attached hydrogens (tertiary/aromatic N) is 3. The maximum atomic E-state index is 13.7. The Bertz CT molecular complexity index is 908. The number of rotatable bonds is 5. The molecule has 2 heterocycles. The van der Waals surface area contributed by atoms with Gasteiger partial charge in [0.05, 0.1) is 12.8 Å². The Kier molecular flexibility index (Phi) is 4.74. The molecule has 0 saturated heterocycles. The molecule has 25 heavy (non-hydrogen) atoms. The number of hydrogen-bond acceptors (Lipinski definition) is 4. The van der Waals surface area contributed by atoms with Gasteiger partial charge in [-0.3, -0.25) is 14.5 Å². The number of aryl methyl sites for hydroxylation is 1. The van der Waals surface area contributed by atoms with Crippen LogP contribution in [0.2, 0.25) is 0 Å². The fraction of sp³-hybridized carbons (Fsp3) is 0.167. The Balaban J connectivity index is 1.70. The van der Waals surface area contributed by atoms with Crippen molar-refractivity contribution in [1.82, 2.24) is 20.1 Å². The van der Waals surface area contributed by atoms with Crippen LogP contribution in [0.5, 0.6) is 5.75 Å². The Labute approximate surface area is 144 Å². The molecule has 0 spiro atoms. The smallest absolute Gasteiger partial charge is 0.251 e. The highest BCUT2D eigenvalue weighted by Gasteiger charge is 2.10. The number of ether oxygens (including phenoxy) is 1. The molecular weight excluding hydrogens is 323 g/mol. The van der Waals surface area contributed by atoms with Gasteiger partial charge in [0.2, 0.25) is 0 Å². The van der Waals surface area contributed by atoms with Crippen LogP contribution in [-0.2, 0) is 13.6 Å². The van der Waals surface area contributed by atoms with Crippen molar-refractivity contribution in [2.24, 2.45) is 7.05 Å². The zero-order valence-electron chi connectivity index (χ0n) is 13.9. The Morgan fingerprint density at radius 3 is 2.80 bits per heavy atom. The summed E-state index contributed by atoms with van der Waals surface area (Å²) in [5.41, 5.74) is 2.90. The van der Waals surface area contributed by atoms with Crippen LogP contribution in [0.4, 0.5) is 4.39 Å². The van der Waals surface area contributed by atoms with E-state index < -0.39 is 5.82 Å². The van der Waals surface area contributed by atoms with Crippen molar-refractivity contribution in [2.75, 3.05) is 7.11 Å². The highest BCUT2D eigenvalue weighted by atomic mass is 19.1. The van der Waals surface area contributed by atoms with E-state index in [9.17, 15) is 9.18 Å². The quantitative estimate of drug-likeness (QED) is 0.775. The second kappa shape index (κ2) is 7.12. The molecular formula is C18H17FN4O2. The van der Waals surface area contributed by atoms with E-state index >= 15 is 0 Å². The van der Waals surface area contributed by atoms with Gasteiger partial charge in [0, 0.05) is 43.3 Å². The van der Waals surface area contributed by atoms with Crippen molar-refractivity contribution in [3.05, 3.63) is 65.9 Å². The van der Waals surface area contributed by atoms with Crippen LogP contribution in [-0.4, -0.2) is 27.8 Å². The zero-order chi connectivity index (χ0) is 17.8. The lowest BCUT2D eigenvalue weighted by molar-refractivity contribution is 0.0950. The van der Waals surface area contributed by atoms with Crippen LogP contribution in [0.25, 0.3) is 11.3 Å². The number of carbonyl (C=O) groups excluding carboxylic acids is 1. The van der Waals surface area contributed by atoms with Crippen molar-refractivity contribution >= 4 is 5.91 Å². The maximum absolute atomic E-state index is 13.7. The van der Waals surface area contributed by atoms with Crippen molar-refractivity contribution in [1.29, 1.82) is 0 Å². The largest absolute Gasteiger partial charge is 0.494 e. The summed E-state index contributed by atoms with van der Waals surface area (Å²) >= 11 is 0. The van der Waals surface area contributed by atoms with E-state index in [2.05, 4.69) is 15.4 Å². The first kappa shape index (κ1) is 16.6. The van der Waals surface area contributed by atoms with Crippen LogP contribution >= 0.6 is 0 Å². The summed E-state index contributed by atoms with van der Waals surface area (Å²) in [7, 11) is 3.22. The summed E-state index contributed by atoms with van der Waals surface area (Å²) < 4.78 is 20.3. The van der Waals surface area contributed by atoms with E-state index in [0.717, 1.165) is 22.9 Å². The first-order valence-corrected chi connectivity index (χ1v) is 7.62. The molecule has 3 aromatic rings. The van der Waals surface area contributed by atoms with Gasteiger partial charge in [-0.2, -0.15) is 5.10 Å². The topological polar surface area (TPSA) is 69.0 Å². The van der Waals surface area contributed by atoms with Gasteiger partial charge < -0.3 is 10.1 Å². The van der Waals surface area contributed by atoms with Crippen LogP contribution < -0.4 is 10.1 Å². The molecule has 0 radical (unpaired) electrons. The lowest BCUT2D eigenvalue weighted by atomic mass is 10.1. The van der Waals surface area contributed by atoms with Crippen molar-refractivity contribution in [3.63, 3.8) is 0 Å². The molecule has 1 amide bonds. The first-order valence-electron chi connectivity index (χ1n) is 7.62. The molecule has 3 rings (SSSR count). The van der Waals surface area contributed by atoms with E-state index in [-0.39, 0.29) is 23.8 Å². The number of amides is 1. The average Bonchev–Trinajstić information content (AvgIpc) is 3.06. The lowest BCUT2D eigenvalue weighted by Crippen LogP contribution is -2.23. The summed E-state index contributed by atoms with van der Waals surface area (Å²) in [6.45, 7) is 0.283. The minimum atomic E-state index is -0.574. The Morgan fingerprint density at radius 1 is 1.28 bits per heavy atom. The average molecular weight is 340 g/mol. The lowest BCUT2D eigenvalue weighted by Gasteiger charge is -2.08. The molecule has 2 aromatic heterocycles. The van der Waals surface area contributed by atoms with Crippen molar-refractivity contribution in [2.45, 2.75) is 6.54 Å². The highest BCUT2D eigenvalue weighted by Crippen LogP contribution is 2.19. The molecule has 0 aliphatic heterocycles. The van der Waals surface area contributed by atoms with Gasteiger partial charge in [-0.15, -0.1) is 0 Å². The van der Waals surface area contributed by atoms with Gasteiger partial charge in [0.1, 0.15) is 0 Å². The van der Waals surface area contributed by atoms with E-state index in [1.165, 1.54) is 19.2 Å². The van der Waals surface area contributed by atoms with Crippen LogP contribution in [0.15, 0.2) is 48.9 Å². The zero-order valence-corrected chi connectivity index (χ0v) is 13.9. The van der Waals surface area contributed by atoms with Gasteiger partial charge in [0.25, 0.3) is 5.91 Å². The maximum Gasteiger partial charge on any atom is 0.251 e. The summed E-state index contributed by atoms with van der Waals surface area (Å²) in [5.74, 6) is -0.841. The molecule has 6 nitrogen and oxygen atoms in total. The molecule has 0 aliphatic rings. The number of halogens is 1. The van der Waals surface area contributed by atoms with Crippen LogP contribution in [0, 0.1) is 5.82 Å². The van der Waals surface area contributed by atoms with Gasteiger partial charge in [-0.25, -0.2) is 4.39 Å². The molecule has 128 valence electrons. The number of pyridine rings is 1. The summed E-state index contributed by atoms with van der Waals surface area (Å²) in [5, 5.41) is 6.89. The second-order valence-electron chi connectivity index (χ2n) is 5.45. The monoisotopic (exact) mass is 340 g/mol. The highest BCUT2D eigenvalue weighted by molar-refractivity contribution is 5.94. The predicted octanol–water partition coefficient (Wildman–Crippen LogP) is 2.56. The number of methoxy groups -OCH3 is 1. The second-order valence-corrected chi connectivity index (χ2v) is 5.45. The van der Waals surface area contributed by atoms with Gasteiger partial charge in [0.15, 0.2) is 11.6 Å². The fourth-order valence-electron chi connectivity index (χ4n) is 2.47. The molecule has 7 heteroatoms. The Morgan fingerprint density at radius 2 is 2.12 bits per heavy atom. The molecule has 0 unspecified atom stereocenters. The first-order chi connectivity index (χ1) is 12.1. The van der Waals surface area contributed by atoms with Crippen molar-refractivity contribution in [3.8, 4) is 17.0 Å². The molecule has 0 bridgehead atoms. The van der Waals surface area contributed by atoms with E-state index in [1.807, 2.05) is 19.2 Å². The molecule has 0 aliphatic carbocycles. The normalized spacial score (nSPS) is 10.5. The van der Waals surface area contributed by atoms with E-state index in [1.54, 1.807) is 23.3 Å². The fourth-order valence-corrected chi connectivity index (χ4v) is 2.47. The number of benzene rings is 1. The molecule has 0 fully saturated rings. The van der Waals surface area contributed by atoms with E-state index in [0.29, 0.717) is 0 Å². The predicted molar refractivity (Wildman–Crippen MR) is 90.6 cm³/mol. The molecule has 1 aromatic carbocycles. The third-order valence-corrected chi connectivity index (χ3v) is 3.78. The third-order valence-electron chi connectivity index (χ3n) is 3.78. The molecule has 1 N–H and O–H groups in total. The number of carbonyl (C=O) groups is 1. The standard InChI is InChI=1S/C18H17FN4O2/c1-23-16(5-6-22-23)14-7-12(9-20-11-14)10-21-18(24)13-3-4-17(25-2)15(19)8-13/h3-9,11H,10H2,1-2H3,(H,21,24). The number of aromatic nitrogens is 3. The van der Waals surface area contributed by atoms with Crippen LogP contribution in [0.3, 0.4) is 0 Å². The summed E-state index contributed by atoms with van der Waals surface area (Å²) in [4.78, 5) is 16.4. The van der Waals surface area contributed by atoms with Crippen molar-refractivity contribution < 1.29 is 13.9 Å². The molecule has 0 saturated carbocycles. The minimum absolute atomic E-state index is 0.102. The van der Waals surface area contributed by atoms with E-state index in [4.69, 9.17) is 4.74 Å². The van der Waals surface area contributed by atoms with Gasteiger partial charge >= 0.3 is 0 Å².